The summed E-state index contributed by atoms with van der Waals surface area (Å²) >= 11 is 0. The minimum absolute atomic E-state index is 0.0602. The van der Waals surface area contributed by atoms with Crippen LogP contribution < -0.4 is 0 Å². The van der Waals surface area contributed by atoms with Crippen LogP contribution in [0, 0.1) is 5.92 Å². The van der Waals surface area contributed by atoms with Gasteiger partial charge in [0.15, 0.2) is 0 Å². The van der Waals surface area contributed by atoms with Crippen LogP contribution in [0.1, 0.15) is 19.8 Å². The lowest BCUT2D eigenvalue weighted by Gasteiger charge is -2.32. The second-order valence-corrected chi connectivity index (χ2v) is 2.50. The molecule has 0 spiro atoms. The topological polar surface area (TPSA) is 20.2 Å². The summed E-state index contributed by atoms with van der Waals surface area (Å²) in [5.41, 5.74) is 0. The van der Waals surface area contributed by atoms with Crippen LogP contribution in [-0.2, 0) is 0 Å². The average molecular weight is 118 g/mol. The largest absolute Gasteiger partial charge is 0.393 e. The van der Waals surface area contributed by atoms with E-state index in [4.69, 9.17) is 5.11 Å². The molecule has 0 saturated heterocycles. The van der Waals surface area contributed by atoms with Crippen LogP contribution in [0.3, 0.4) is 0 Å². The Morgan fingerprint density at radius 1 is 1.62 bits per heavy atom. The SMILES string of the molecule is CC(O)C1CCC1F. The number of halogens is 1. The van der Waals surface area contributed by atoms with Crippen LogP contribution in [0.5, 0.6) is 0 Å². The highest BCUT2D eigenvalue weighted by Gasteiger charge is 2.33. The molecular formula is C6H11FO. The molecule has 1 aliphatic rings. The maximum absolute atomic E-state index is 12.3. The second-order valence-electron chi connectivity index (χ2n) is 2.50. The van der Waals surface area contributed by atoms with Gasteiger partial charge in [-0.15, -0.1) is 0 Å². The van der Waals surface area contributed by atoms with Crippen molar-refractivity contribution in [2.24, 2.45) is 5.92 Å². The summed E-state index contributed by atoms with van der Waals surface area (Å²) in [4.78, 5) is 0. The first-order valence-corrected chi connectivity index (χ1v) is 3.04. The highest BCUT2D eigenvalue weighted by molar-refractivity contribution is 4.83. The Morgan fingerprint density at radius 2 is 2.25 bits per heavy atom. The van der Waals surface area contributed by atoms with E-state index in [1.807, 2.05) is 0 Å². The molecule has 1 rings (SSSR count). The number of aliphatic hydroxyl groups is 1. The highest BCUT2D eigenvalue weighted by Crippen LogP contribution is 2.32. The first-order valence-electron chi connectivity index (χ1n) is 3.04. The zero-order valence-corrected chi connectivity index (χ0v) is 4.97. The van der Waals surface area contributed by atoms with Gasteiger partial charge in [-0.25, -0.2) is 4.39 Å². The van der Waals surface area contributed by atoms with E-state index in [0.717, 1.165) is 6.42 Å². The zero-order chi connectivity index (χ0) is 6.15. The molecule has 0 heterocycles. The molecule has 0 radical (unpaired) electrons. The van der Waals surface area contributed by atoms with E-state index in [1.165, 1.54) is 0 Å². The van der Waals surface area contributed by atoms with Crippen LogP contribution in [0.2, 0.25) is 0 Å². The van der Waals surface area contributed by atoms with Crippen molar-refractivity contribution >= 4 is 0 Å². The van der Waals surface area contributed by atoms with Crippen LogP contribution in [0.15, 0.2) is 0 Å². The quantitative estimate of drug-likeness (QED) is 0.547. The second kappa shape index (κ2) is 2.02. The van der Waals surface area contributed by atoms with E-state index < -0.39 is 12.3 Å². The Bertz CT molecular complexity index is 77.8. The standard InChI is InChI=1S/C6H11FO/c1-4(8)5-2-3-6(5)7/h4-6,8H,2-3H2,1H3. The van der Waals surface area contributed by atoms with Crippen LogP contribution in [0.4, 0.5) is 4.39 Å². The smallest absolute Gasteiger partial charge is 0.105 e. The Balaban J connectivity index is 2.26. The maximum Gasteiger partial charge on any atom is 0.105 e. The van der Waals surface area contributed by atoms with Crippen molar-refractivity contribution < 1.29 is 9.50 Å². The average Bonchev–Trinajstić information content (AvgIpc) is 1.61. The lowest BCUT2D eigenvalue weighted by atomic mass is 9.80. The zero-order valence-electron chi connectivity index (χ0n) is 4.97. The fourth-order valence-electron chi connectivity index (χ4n) is 1.03. The third-order valence-electron chi connectivity index (χ3n) is 1.86. The molecule has 1 N–H and O–H groups in total. The molecule has 1 nitrogen and oxygen atoms in total. The molecule has 3 atom stereocenters. The van der Waals surface area contributed by atoms with Crippen molar-refractivity contribution in [2.45, 2.75) is 32.0 Å². The molecule has 1 aliphatic carbocycles. The highest BCUT2D eigenvalue weighted by atomic mass is 19.1. The number of aliphatic hydroxyl groups excluding tert-OH is 1. The van der Waals surface area contributed by atoms with Gasteiger partial charge in [-0.3, -0.25) is 0 Å². The van der Waals surface area contributed by atoms with Crippen LogP contribution >= 0.6 is 0 Å². The Hall–Kier alpha value is -0.110. The molecule has 3 unspecified atom stereocenters. The number of alkyl halides is 1. The van der Waals surface area contributed by atoms with E-state index >= 15 is 0 Å². The monoisotopic (exact) mass is 118 g/mol. The van der Waals surface area contributed by atoms with Gasteiger partial charge >= 0.3 is 0 Å². The van der Waals surface area contributed by atoms with E-state index in [9.17, 15) is 4.39 Å². The Morgan fingerprint density at radius 3 is 2.25 bits per heavy atom. The van der Waals surface area contributed by atoms with Crippen molar-refractivity contribution in [2.75, 3.05) is 0 Å². The predicted octanol–water partition coefficient (Wildman–Crippen LogP) is 1.12. The van der Waals surface area contributed by atoms with Gasteiger partial charge in [0.05, 0.1) is 6.10 Å². The molecule has 0 aliphatic heterocycles. The molecule has 0 aromatic heterocycles. The summed E-state index contributed by atoms with van der Waals surface area (Å²) in [6.45, 7) is 1.65. The minimum atomic E-state index is -0.727. The summed E-state index contributed by atoms with van der Waals surface area (Å²) in [5.74, 6) is -0.0602. The first-order chi connectivity index (χ1) is 3.72. The molecule has 0 bridgehead atoms. The molecule has 1 fully saturated rings. The fourth-order valence-corrected chi connectivity index (χ4v) is 1.03. The lowest BCUT2D eigenvalue weighted by molar-refractivity contribution is 0.00447. The fraction of sp³-hybridized carbons (Fsp3) is 1.00. The molecule has 48 valence electrons. The molecule has 2 heteroatoms. The van der Waals surface area contributed by atoms with Crippen molar-refractivity contribution in [3.63, 3.8) is 0 Å². The van der Waals surface area contributed by atoms with Gasteiger partial charge in [-0.05, 0) is 19.8 Å². The van der Waals surface area contributed by atoms with Crippen molar-refractivity contribution in [3.8, 4) is 0 Å². The van der Waals surface area contributed by atoms with Gasteiger partial charge in [0.25, 0.3) is 0 Å². The minimum Gasteiger partial charge on any atom is -0.393 e. The first kappa shape index (κ1) is 6.02. The van der Waals surface area contributed by atoms with E-state index in [1.54, 1.807) is 6.92 Å². The Labute approximate surface area is 48.5 Å². The predicted molar refractivity (Wildman–Crippen MR) is 29.3 cm³/mol. The number of rotatable bonds is 1. The van der Waals surface area contributed by atoms with Gasteiger partial charge in [0, 0.05) is 5.92 Å². The van der Waals surface area contributed by atoms with Crippen LogP contribution in [-0.4, -0.2) is 17.4 Å². The van der Waals surface area contributed by atoms with Crippen molar-refractivity contribution in [1.82, 2.24) is 0 Å². The molecule has 1 saturated carbocycles. The normalized spacial score (nSPS) is 40.9. The number of hydrogen-bond acceptors (Lipinski definition) is 1. The van der Waals surface area contributed by atoms with E-state index in [2.05, 4.69) is 0 Å². The molecule has 0 aromatic rings. The van der Waals surface area contributed by atoms with Gasteiger partial charge < -0.3 is 5.11 Å². The van der Waals surface area contributed by atoms with E-state index in [0.29, 0.717) is 6.42 Å². The third-order valence-corrected chi connectivity index (χ3v) is 1.86. The molecular weight excluding hydrogens is 107 g/mol. The van der Waals surface area contributed by atoms with Crippen molar-refractivity contribution in [1.29, 1.82) is 0 Å². The Kier molecular flexibility index (Phi) is 1.52. The van der Waals surface area contributed by atoms with Gasteiger partial charge in [-0.1, -0.05) is 0 Å². The molecule has 0 amide bonds. The summed E-state index contributed by atoms with van der Waals surface area (Å²) in [5, 5.41) is 8.80. The van der Waals surface area contributed by atoms with Crippen LogP contribution in [0.25, 0.3) is 0 Å². The summed E-state index contributed by atoms with van der Waals surface area (Å²) in [6, 6.07) is 0. The summed E-state index contributed by atoms with van der Waals surface area (Å²) < 4.78 is 12.3. The third kappa shape index (κ3) is 0.848. The maximum atomic E-state index is 12.3. The summed E-state index contributed by atoms with van der Waals surface area (Å²) in [7, 11) is 0. The van der Waals surface area contributed by atoms with Gasteiger partial charge in [0.1, 0.15) is 6.17 Å². The van der Waals surface area contributed by atoms with Gasteiger partial charge in [0.2, 0.25) is 0 Å². The lowest BCUT2D eigenvalue weighted by Crippen LogP contribution is -2.35. The van der Waals surface area contributed by atoms with Gasteiger partial charge in [-0.2, -0.15) is 0 Å². The summed E-state index contributed by atoms with van der Waals surface area (Å²) in [6.07, 6.45) is 0.336. The van der Waals surface area contributed by atoms with E-state index in [-0.39, 0.29) is 5.92 Å². The van der Waals surface area contributed by atoms with Crippen molar-refractivity contribution in [3.05, 3.63) is 0 Å². The number of hydrogen-bond donors (Lipinski definition) is 1. The molecule has 8 heavy (non-hydrogen) atoms. The molecule has 0 aromatic carbocycles.